The van der Waals surface area contributed by atoms with Gasteiger partial charge in [-0.25, -0.2) is 15.0 Å². The summed E-state index contributed by atoms with van der Waals surface area (Å²) in [5.41, 5.74) is 5.49. The number of ether oxygens (including phenoxy) is 2. The molecular weight excluding hydrogens is 594 g/mol. The Kier molecular flexibility index (Phi) is 9.38. The van der Waals surface area contributed by atoms with Crippen molar-refractivity contribution in [1.29, 1.82) is 0 Å². The number of rotatable bonds is 9. The van der Waals surface area contributed by atoms with Crippen molar-refractivity contribution in [2.75, 3.05) is 37.6 Å². The minimum absolute atomic E-state index is 0.00260. The minimum Gasteiger partial charge on any atom is -0.392 e. The average Bonchev–Trinajstić information content (AvgIpc) is 3.14. The van der Waals surface area contributed by atoms with Gasteiger partial charge < -0.3 is 24.8 Å². The van der Waals surface area contributed by atoms with Crippen LogP contribution in [0.2, 0.25) is 0 Å². The molecule has 7 rings (SSSR count). The number of aromatic nitrogens is 4. The maximum absolute atomic E-state index is 12.8. The Morgan fingerprint density at radius 1 is 0.809 bits per heavy atom. The van der Waals surface area contributed by atoms with Crippen molar-refractivity contribution in [3.63, 3.8) is 0 Å². The third kappa shape index (κ3) is 7.44. The number of nitrogens with zero attached hydrogens (tertiary/aromatic N) is 6. The Balaban J connectivity index is 1.00. The van der Waals surface area contributed by atoms with E-state index in [0.29, 0.717) is 12.1 Å². The van der Waals surface area contributed by atoms with Crippen LogP contribution in [-0.4, -0.2) is 74.7 Å². The van der Waals surface area contributed by atoms with Gasteiger partial charge in [0.25, 0.3) is 5.91 Å². The van der Waals surface area contributed by atoms with E-state index in [1.807, 2.05) is 78.9 Å². The smallest absolute Gasteiger partial charge is 0.271 e. The van der Waals surface area contributed by atoms with E-state index in [9.17, 15) is 9.90 Å². The Morgan fingerprint density at radius 2 is 1.51 bits per heavy atom. The van der Waals surface area contributed by atoms with E-state index in [-0.39, 0.29) is 30.4 Å². The summed E-state index contributed by atoms with van der Waals surface area (Å²) >= 11 is 0. The normalized spacial score (nSPS) is 20.3. The van der Waals surface area contributed by atoms with Gasteiger partial charge in [-0.15, -0.1) is 0 Å². The lowest BCUT2D eigenvalue weighted by atomic mass is 9.99. The largest absolute Gasteiger partial charge is 0.392 e. The molecule has 0 bridgehead atoms. The molecule has 2 fully saturated rings. The molecule has 47 heavy (non-hydrogen) atoms. The second kappa shape index (κ2) is 14.3. The highest BCUT2D eigenvalue weighted by atomic mass is 16.7. The molecule has 3 atom stereocenters. The van der Waals surface area contributed by atoms with E-state index in [4.69, 9.17) is 9.47 Å². The highest BCUT2D eigenvalue weighted by molar-refractivity contribution is 5.93. The predicted molar refractivity (Wildman–Crippen MR) is 176 cm³/mol. The second-order valence-corrected chi connectivity index (χ2v) is 11.9. The van der Waals surface area contributed by atoms with Gasteiger partial charge in [0, 0.05) is 63.6 Å². The van der Waals surface area contributed by atoms with Gasteiger partial charge in [-0.3, -0.25) is 14.7 Å². The molecule has 240 valence electrons. The first-order valence-corrected chi connectivity index (χ1v) is 15.9. The van der Waals surface area contributed by atoms with Crippen LogP contribution in [0.4, 0.5) is 5.95 Å². The van der Waals surface area contributed by atoms with Crippen LogP contribution in [0.25, 0.3) is 11.0 Å². The van der Waals surface area contributed by atoms with Gasteiger partial charge in [0.2, 0.25) is 5.95 Å². The predicted octanol–water partition coefficient (Wildman–Crippen LogP) is 4.21. The van der Waals surface area contributed by atoms with Crippen LogP contribution in [0.1, 0.15) is 51.6 Å². The number of piperazine rings is 1. The van der Waals surface area contributed by atoms with Gasteiger partial charge in [-0.05, 0) is 34.9 Å². The summed E-state index contributed by atoms with van der Waals surface area (Å²) in [6.07, 6.45) is 5.03. The van der Waals surface area contributed by atoms with Crippen LogP contribution in [0.5, 0.6) is 0 Å². The highest BCUT2D eigenvalue weighted by Gasteiger charge is 2.34. The molecule has 0 saturated carbocycles. The average molecular weight is 632 g/mol. The third-order valence-corrected chi connectivity index (χ3v) is 8.67. The van der Waals surface area contributed by atoms with Crippen LogP contribution in [-0.2, 0) is 22.6 Å². The quantitative estimate of drug-likeness (QED) is 0.244. The summed E-state index contributed by atoms with van der Waals surface area (Å²) in [4.78, 5) is 35.0. The van der Waals surface area contributed by atoms with Crippen molar-refractivity contribution in [2.24, 2.45) is 0 Å². The Hall–Kier alpha value is -4.81. The fourth-order valence-electron chi connectivity index (χ4n) is 6.04. The summed E-state index contributed by atoms with van der Waals surface area (Å²) in [5.74, 6) is 0.493. The number of hydrogen-bond donors (Lipinski definition) is 2. The summed E-state index contributed by atoms with van der Waals surface area (Å²) in [6, 6.07) is 25.2. The second-order valence-electron chi connectivity index (χ2n) is 11.9. The van der Waals surface area contributed by atoms with Crippen LogP contribution in [0, 0.1) is 0 Å². The maximum Gasteiger partial charge on any atom is 0.271 e. The summed E-state index contributed by atoms with van der Waals surface area (Å²) < 4.78 is 13.1. The number of amides is 1. The van der Waals surface area contributed by atoms with Crippen LogP contribution >= 0.6 is 0 Å². The molecular formula is C36H37N7O4. The van der Waals surface area contributed by atoms with E-state index in [0.717, 1.165) is 72.9 Å². The lowest BCUT2D eigenvalue weighted by Gasteiger charge is -2.40. The van der Waals surface area contributed by atoms with Gasteiger partial charge in [0.15, 0.2) is 6.29 Å². The molecule has 2 aromatic heterocycles. The van der Waals surface area contributed by atoms with Crippen molar-refractivity contribution in [1.82, 2.24) is 30.2 Å². The highest BCUT2D eigenvalue weighted by Crippen LogP contribution is 2.38. The molecule has 2 N–H and O–H groups in total. The molecule has 0 radical (unpaired) electrons. The third-order valence-electron chi connectivity index (χ3n) is 8.67. The molecule has 1 amide bonds. The van der Waals surface area contributed by atoms with Crippen molar-refractivity contribution in [3.05, 3.63) is 125 Å². The van der Waals surface area contributed by atoms with Crippen molar-refractivity contribution in [2.45, 2.75) is 38.1 Å². The first-order valence-electron chi connectivity index (χ1n) is 15.9. The molecule has 4 heterocycles. The van der Waals surface area contributed by atoms with E-state index in [1.54, 1.807) is 12.4 Å². The van der Waals surface area contributed by atoms with Crippen molar-refractivity contribution in [3.8, 4) is 0 Å². The topological polar surface area (TPSA) is 126 Å². The molecule has 2 aliphatic heterocycles. The van der Waals surface area contributed by atoms with Crippen LogP contribution in [0.3, 0.4) is 0 Å². The standard InChI is InChI=1S/C36H37N7O4/c44-24-26-8-10-27(11-9-26)33-20-29(23-42-16-18-43(19-17-42)36-37-14-3-15-38-36)46-35(47-33)28-12-6-25(7-13-28)21-40-34(45)32-22-39-30-4-1-2-5-31(30)41-32/h1-15,22,29,33,35,44H,16-21,23-24H2,(H,40,45)/t29-,33+,35+/m1/s1. The number of para-hydroxylation sites is 2. The van der Waals surface area contributed by atoms with Crippen molar-refractivity contribution >= 4 is 22.9 Å². The number of benzene rings is 3. The van der Waals surface area contributed by atoms with Crippen molar-refractivity contribution < 1.29 is 19.4 Å². The van der Waals surface area contributed by atoms with Gasteiger partial charge in [0.05, 0.1) is 36.0 Å². The molecule has 3 aromatic carbocycles. The maximum atomic E-state index is 12.8. The summed E-state index contributed by atoms with van der Waals surface area (Å²) in [6.45, 7) is 4.64. The first-order chi connectivity index (χ1) is 23.1. The molecule has 2 aliphatic rings. The fourth-order valence-corrected chi connectivity index (χ4v) is 6.04. The van der Waals surface area contributed by atoms with Gasteiger partial charge in [0.1, 0.15) is 5.69 Å². The number of fused-ring (bicyclic) bond motifs is 1. The molecule has 5 aromatic rings. The number of anilines is 1. The Morgan fingerprint density at radius 3 is 2.26 bits per heavy atom. The first kappa shape index (κ1) is 30.8. The Labute approximate surface area is 273 Å². The number of carbonyl (C=O) groups is 1. The molecule has 11 nitrogen and oxygen atoms in total. The lowest BCUT2D eigenvalue weighted by Crippen LogP contribution is -2.50. The van der Waals surface area contributed by atoms with Gasteiger partial charge in [-0.2, -0.15) is 0 Å². The minimum atomic E-state index is -0.549. The zero-order valence-electron chi connectivity index (χ0n) is 26.0. The fraction of sp³-hybridized carbons (Fsp3) is 0.306. The SMILES string of the molecule is O=C(NCc1ccc([C@H]2O[C@@H](CN3CCN(c4ncccn4)CC3)C[C@@H](c3ccc(CO)cc3)O2)cc1)c1cnc2ccccc2n1. The van der Waals surface area contributed by atoms with Crippen LogP contribution < -0.4 is 10.2 Å². The van der Waals surface area contributed by atoms with E-state index < -0.39 is 6.29 Å². The molecule has 2 saturated heterocycles. The zero-order valence-corrected chi connectivity index (χ0v) is 26.0. The number of carbonyl (C=O) groups excluding carboxylic acids is 1. The van der Waals surface area contributed by atoms with Gasteiger partial charge >= 0.3 is 0 Å². The number of nitrogens with one attached hydrogen (secondary N) is 1. The lowest BCUT2D eigenvalue weighted by molar-refractivity contribution is -0.253. The molecule has 0 unspecified atom stereocenters. The Bertz CT molecular complexity index is 1780. The van der Waals surface area contributed by atoms with Gasteiger partial charge in [-0.1, -0.05) is 60.7 Å². The molecule has 11 heteroatoms. The molecule has 0 aliphatic carbocycles. The van der Waals surface area contributed by atoms with E-state index in [2.05, 4.69) is 35.1 Å². The number of aliphatic hydroxyl groups excluding tert-OH is 1. The molecule has 0 spiro atoms. The summed E-state index contributed by atoms with van der Waals surface area (Å²) in [7, 11) is 0. The number of aliphatic hydroxyl groups is 1. The monoisotopic (exact) mass is 631 g/mol. The summed E-state index contributed by atoms with van der Waals surface area (Å²) in [5, 5.41) is 12.5. The van der Waals surface area contributed by atoms with Crippen LogP contribution in [0.15, 0.2) is 97.5 Å². The van der Waals surface area contributed by atoms with E-state index >= 15 is 0 Å². The number of hydrogen-bond acceptors (Lipinski definition) is 10. The zero-order chi connectivity index (χ0) is 32.0. The van der Waals surface area contributed by atoms with E-state index in [1.165, 1.54) is 6.20 Å².